The first-order valence-electron chi connectivity index (χ1n) is 17.4. The Kier molecular flexibility index (Phi) is 8.48. The fourth-order valence-electron chi connectivity index (χ4n) is 7.22. The summed E-state index contributed by atoms with van der Waals surface area (Å²) in [7, 11) is -8.83. The van der Waals surface area contributed by atoms with Gasteiger partial charge in [0, 0.05) is 44.3 Å². The molecule has 4 aromatic carbocycles. The lowest BCUT2D eigenvalue weighted by atomic mass is 10.0. The third-order valence-corrected chi connectivity index (χ3v) is 11.5. The van der Waals surface area contributed by atoms with Gasteiger partial charge in [-0.25, -0.2) is 9.97 Å². The zero-order valence-electron chi connectivity index (χ0n) is 29.2. The fourth-order valence-corrected chi connectivity index (χ4v) is 8.18. The lowest BCUT2D eigenvalue weighted by molar-refractivity contribution is 0.481. The van der Waals surface area contributed by atoms with E-state index in [2.05, 4.69) is 9.97 Å². The molecule has 10 nitrogen and oxygen atoms in total. The molecule has 4 N–H and O–H groups in total. The van der Waals surface area contributed by atoms with E-state index in [-0.39, 0.29) is 9.79 Å². The SMILES string of the molecule is O=S(=O)(O)c1ccc(-c2c3nc(c(-c4ccccc4)c4ccc([nH]4)c(-c4ccc(S(=O)(=O)O)cc4)c4ccc([nH]4)c(-c4ccccc4)c4nc2C=C4)C=C3)cc1. The first kappa shape index (κ1) is 35.0. The summed E-state index contributed by atoms with van der Waals surface area (Å²) in [4.78, 5) is 17.2. The molecule has 0 radical (unpaired) electrons. The summed E-state index contributed by atoms with van der Waals surface area (Å²) >= 11 is 0. The van der Waals surface area contributed by atoms with Gasteiger partial charge in [-0.2, -0.15) is 16.8 Å². The normalized spacial score (nSPS) is 12.6. The molecule has 0 saturated heterocycles. The monoisotopic (exact) mass is 774 g/mol. The molecule has 56 heavy (non-hydrogen) atoms. The average molecular weight is 775 g/mol. The van der Waals surface area contributed by atoms with E-state index in [1.54, 1.807) is 24.3 Å². The topological polar surface area (TPSA) is 166 Å². The number of nitrogens with one attached hydrogen (secondary N) is 2. The number of nitrogens with zero attached hydrogens (tertiary/aromatic N) is 2. The van der Waals surface area contributed by atoms with E-state index >= 15 is 0 Å². The number of H-pyrrole nitrogens is 2. The first-order valence-corrected chi connectivity index (χ1v) is 20.3. The fraction of sp³-hybridized carbons (Fsp3) is 0. The van der Waals surface area contributed by atoms with Crippen LogP contribution in [0.2, 0.25) is 0 Å². The van der Waals surface area contributed by atoms with Gasteiger partial charge < -0.3 is 9.97 Å². The number of benzene rings is 4. The van der Waals surface area contributed by atoms with E-state index in [1.165, 1.54) is 24.3 Å². The maximum absolute atomic E-state index is 12.0. The number of rotatable bonds is 6. The van der Waals surface area contributed by atoms with Gasteiger partial charge in [0.1, 0.15) is 0 Å². The van der Waals surface area contributed by atoms with Gasteiger partial charge >= 0.3 is 0 Å². The molecule has 3 aromatic heterocycles. The Morgan fingerprint density at radius 1 is 0.357 bits per heavy atom. The molecule has 0 atom stereocenters. The van der Waals surface area contributed by atoms with Crippen molar-refractivity contribution in [2.24, 2.45) is 0 Å². The minimum Gasteiger partial charge on any atom is -0.354 e. The molecule has 0 unspecified atom stereocenters. The molecule has 7 aromatic rings. The van der Waals surface area contributed by atoms with Crippen LogP contribution in [-0.4, -0.2) is 45.9 Å². The summed E-state index contributed by atoms with van der Waals surface area (Å²) in [6, 6.07) is 39.7. The van der Waals surface area contributed by atoms with Crippen LogP contribution in [-0.2, 0) is 20.2 Å². The molecule has 0 spiro atoms. The molecule has 2 aliphatic heterocycles. The molecule has 5 heterocycles. The standard InChI is InChI=1S/C44H30N4O6S2/c49-55(50,51)31-15-11-29(12-16-31)43-37-23-19-33(45-37)41(27-7-3-1-4-8-27)34-20-24-38(46-34)44(30-13-17-32(18-14-30)56(52,53)54)40-26-22-36(48-40)42(28-9-5-2-6-10-28)35-21-25-39(43)47-35/h1-26,45,47H,(H,49,50,51)(H,52,53,54). The van der Waals surface area contributed by atoms with E-state index in [9.17, 15) is 25.9 Å². The van der Waals surface area contributed by atoms with Crippen molar-refractivity contribution in [1.29, 1.82) is 0 Å². The van der Waals surface area contributed by atoms with Gasteiger partial charge in [-0.3, -0.25) is 9.11 Å². The van der Waals surface area contributed by atoms with Crippen LogP contribution in [0.25, 0.3) is 90.9 Å². The Morgan fingerprint density at radius 2 is 0.661 bits per heavy atom. The first-order chi connectivity index (χ1) is 27.0. The van der Waals surface area contributed by atoms with Crippen molar-refractivity contribution in [1.82, 2.24) is 19.9 Å². The van der Waals surface area contributed by atoms with Crippen molar-refractivity contribution in [3.05, 3.63) is 156 Å². The molecule has 0 amide bonds. The predicted molar refractivity (Wildman–Crippen MR) is 220 cm³/mol. The molecule has 2 aliphatic rings. The van der Waals surface area contributed by atoms with Crippen molar-refractivity contribution in [2.45, 2.75) is 9.79 Å². The minimum atomic E-state index is -4.42. The summed E-state index contributed by atoms with van der Waals surface area (Å²) in [5.41, 5.74) is 11.8. The molecule has 0 aliphatic carbocycles. The molecule has 0 fully saturated rings. The number of hydrogen-bond acceptors (Lipinski definition) is 6. The van der Waals surface area contributed by atoms with Gasteiger partial charge in [-0.05, 0) is 95.1 Å². The van der Waals surface area contributed by atoms with Crippen LogP contribution in [0.3, 0.4) is 0 Å². The van der Waals surface area contributed by atoms with E-state index in [1.807, 2.05) is 109 Å². The molecule has 0 saturated carbocycles. The quantitative estimate of drug-likeness (QED) is 0.121. The van der Waals surface area contributed by atoms with Crippen molar-refractivity contribution in [3.8, 4) is 44.5 Å². The molecular formula is C44H30N4O6S2. The van der Waals surface area contributed by atoms with Gasteiger partial charge in [-0.1, -0.05) is 84.9 Å². The Balaban J connectivity index is 1.44. The van der Waals surface area contributed by atoms with Crippen LogP contribution >= 0.6 is 0 Å². The molecule has 274 valence electrons. The molecule has 9 rings (SSSR count). The van der Waals surface area contributed by atoms with Crippen LogP contribution in [0.4, 0.5) is 0 Å². The van der Waals surface area contributed by atoms with E-state index in [4.69, 9.17) is 9.97 Å². The van der Waals surface area contributed by atoms with Crippen LogP contribution in [0.1, 0.15) is 22.8 Å². The highest BCUT2D eigenvalue weighted by atomic mass is 32.2. The van der Waals surface area contributed by atoms with Crippen molar-refractivity contribution in [2.75, 3.05) is 0 Å². The van der Waals surface area contributed by atoms with Crippen LogP contribution in [0.5, 0.6) is 0 Å². The maximum Gasteiger partial charge on any atom is 0.294 e. The lowest BCUT2D eigenvalue weighted by Gasteiger charge is -2.07. The number of fused-ring (bicyclic) bond motifs is 8. The zero-order valence-corrected chi connectivity index (χ0v) is 30.9. The Hall–Kier alpha value is -6.70. The summed E-state index contributed by atoms with van der Waals surface area (Å²) in [5.74, 6) is 0. The summed E-state index contributed by atoms with van der Waals surface area (Å²) in [6.45, 7) is 0. The Bertz CT molecular complexity index is 3020. The maximum atomic E-state index is 12.0. The van der Waals surface area contributed by atoms with Crippen LogP contribution in [0, 0.1) is 0 Å². The van der Waals surface area contributed by atoms with Crippen molar-refractivity contribution < 1.29 is 25.9 Å². The van der Waals surface area contributed by atoms with Gasteiger partial charge in [0.25, 0.3) is 20.2 Å². The Labute approximate surface area is 321 Å². The third kappa shape index (κ3) is 6.46. The third-order valence-electron chi connectivity index (χ3n) is 9.76. The zero-order chi connectivity index (χ0) is 38.6. The predicted octanol–water partition coefficient (Wildman–Crippen LogP) is 9.82. The second-order valence-corrected chi connectivity index (χ2v) is 16.1. The highest BCUT2D eigenvalue weighted by molar-refractivity contribution is 7.86. The van der Waals surface area contributed by atoms with Crippen molar-refractivity contribution in [3.63, 3.8) is 0 Å². The molecular weight excluding hydrogens is 745 g/mol. The second kappa shape index (κ2) is 13.6. The second-order valence-electron chi connectivity index (χ2n) is 13.2. The van der Waals surface area contributed by atoms with Gasteiger partial charge in [0.15, 0.2) is 0 Å². The highest BCUT2D eigenvalue weighted by Crippen LogP contribution is 2.38. The lowest BCUT2D eigenvalue weighted by Crippen LogP contribution is -1.97. The van der Waals surface area contributed by atoms with E-state index in [0.717, 1.165) is 49.9 Å². The van der Waals surface area contributed by atoms with Crippen LogP contribution < -0.4 is 0 Å². The average Bonchev–Trinajstić information content (AvgIpc) is 4.03. The highest BCUT2D eigenvalue weighted by Gasteiger charge is 2.20. The minimum absolute atomic E-state index is 0.212. The summed E-state index contributed by atoms with van der Waals surface area (Å²) < 4.78 is 67.3. The van der Waals surface area contributed by atoms with Gasteiger partial charge in [0.2, 0.25) is 0 Å². The van der Waals surface area contributed by atoms with Gasteiger partial charge in [0.05, 0.1) is 32.6 Å². The number of aromatic nitrogens is 4. The summed E-state index contributed by atoms with van der Waals surface area (Å²) in [6.07, 6.45) is 7.69. The van der Waals surface area contributed by atoms with Crippen LogP contribution in [0.15, 0.2) is 143 Å². The van der Waals surface area contributed by atoms with Gasteiger partial charge in [-0.15, -0.1) is 0 Å². The number of hydrogen-bond donors (Lipinski definition) is 4. The van der Waals surface area contributed by atoms with E-state index < -0.39 is 20.2 Å². The van der Waals surface area contributed by atoms with Crippen molar-refractivity contribution >= 4 is 66.6 Å². The summed E-state index contributed by atoms with van der Waals surface area (Å²) in [5, 5.41) is 0. The largest absolute Gasteiger partial charge is 0.354 e. The Morgan fingerprint density at radius 3 is 1.02 bits per heavy atom. The van der Waals surface area contributed by atoms with E-state index in [0.29, 0.717) is 39.5 Å². The molecule has 8 bridgehead atoms. The number of aromatic amines is 2. The molecule has 12 heteroatoms. The smallest absolute Gasteiger partial charge is 0.294 e.